The van der Waals surface area contributed by atoms with Crippen LogP contribution in [0.5, 0.6) is 0 Å². The monoisotopic (exact) mass is 170 g/mol. The van der Waals surface area contributed by atoms with Crippen molar-refractivity contribution < 1.29 is 0 Å². The molecule has 0 aromatic rings. The van der Waals surface area contributed by atoms with Gasteiger partial charge in [0, 0.05) is 0 Å². The lowest BCUT2D eigenvalue weighted by Gasteiger charge is -2.04. The van der Waals surface area contributed by atoms with Gasteiger partial charge in [-0.3, -0.25) is 0 Å². The van der Waals surface area contributed by atoms with Crippen molar-refractivity contribution in [3.05, 3.63) is 22.5 Å². The average molecular weight is 170 g/mol. The SMILES string of the molecule is C=C(C)S/C(C)=C\C(C)CC. The van der Waals surface area contributed by atoms with Crippen LogP contribution in [0, 0.1) is 5.92 Å². The lowest BCUT2D eigenvalue weighted by Crippen LogP contribution is -1.85. The van der Waals surface area contributed by atoms with E-state index in [1.807, 2.05) is 6.92 Å². The Morgan fingerprint density at radius 2 is 2.09 bits per heavy atom. The molecule has 0 saturated carbocycles. The van der Waals surface area contributed by atoms with Crippen LogP contribution in [0.4, 0.5) is 0 Å². The molecule has 0 nitrogen and oxygen atoms in total. The van der Waals surface area contributed by atoms with Gasteiger partial charge in [-0.05, 0) is 29.6 Å². The minimum absolute atomic E-state index is 0.696. The summed E-state index contributed by atoms with van der Waals surface area (Å²) >= 11 is 1.76. The van der Waals surface area contributed by atoms with E-state index >= 15 is 0 Å². The third-order valence-electron chi connectivity index (χ3n) is 1.50. The third-order valence-corrected chi connectivity index (χ3v) is 2.30. The van der Waals surface area contributed by atoms with Crippen LogP contribution in [0.2, 0.25) is 0 Å². The molecule has 0 amide bonds. The summed E-state index contributed by atoms with van der Waals surface area (Å²) in [5, 5.41) is 0. The molecule has 1 heteroatoms. The standard InChI is InChI=1S/C10H18S/c1-6-9(4)7-10(5)11-8(2)3/h7,9H,2,6H2,1,3-5H3/b10-7-. The minimum atomic E-state index is 0.696. The molecule has 0 rings (SSSR count). The van der Waals surface area contributed by atoms with Gasteiger partial charge in [-0.25, -0.2) is 0 Å². The Labute approximate surface area is 74.8 Å². The van der Waals surface area contributed by atoms with Crippen molar-refractivity contribution in [2.24, 2.45) is 5.92 Å². The van der Waals surface area contributed by atoms with Gasteiger partial charge in [-0.15, -0.1) is 11.8 Å². The van der Waals surface area contributed by atoms with Gasteiger partial charge >= 0.3 is 0 Å². The summed E-state index contributed by atoms with van der Waals surface area (Å²) in [5.74, 6) is 0.696. The predicted molar refractivity (Wildman–Crippen MR) is 55.6 cm³/mol. The highest BCUT2D eigenvalue weighted by molar-refractivity contribution is 8.06. The highest BCUT2D eigenvalue weighted by Crippen LogP contribution is 2.24. The molecule has 0 bridgehead atoms. The molecule has 1 atom stereocenters. The molecule has 1 unspecified atom stereocenters. The molecule has 0 aromatic heterocycles. The second-order valence-corrected chi connectivity index (χ2v) is 4.51. The maximum absolute atomic E-state index is 3.85. The first-order chi connectivity index (χ1) is 5.06. The first-order valence-corrected chi connectivity index (χ1v) is 4.89. The van der Waals surface area contributed by atoms with Gasteiger partial charge in [0.05, 0.1) is 0 Å². The molecule has 0 N–H and O–H groups in total. The molecule has 0 spiro atoms. The second kappa shape index (κ2) is 5.48. The fourth-order valence-corrected chi connectivity index (χ4v) is 1.68. The van der Waals surface area contributed by atoms with Gasteiger partial charge in [0.2, 0.25) is 0 Å². The fourth-order valence-electron chi connectivity index (χ4n) is 0.827. The Kier molecular flexibility index (Phi) is 5.39. The topological polar surface area (TPSA) is 0 Å². The van der Waals surface area contributed by atoms with Gasteiger partial charge in [-0.1, -0.05) is 32.9 Å². The third kappa shape index (κ3) is 6.24. The van der Waals surface area contributed by atoms with Gasteiger partial charge in [0.15, 0.2) is 0 Å². The molecule has 11 heavy (non-hydrogen) atoms. The summed E-state index contributed by atoms with van der Waals surface area (Å²) in [5.41, 5.74) is 0. The summed E-state index contributed by atoms with van der Waals surface area (Å²) < 4.78 is 0. The fraction of sp³-hybridized carbons (Fsp3) is 0.600. The van der Waals surface area contributed by atoms with Crippen LogP contribution < -0.4 is 0 Å². The van der Waals surface area contributed by atoms with Crippen LogP contribution in [0.1, 0.15) is 34.1 Å². The van der Waals surface area contributed by atoms with Crippen LogP contribution in [0.15, 0.2) is 22.5 Å². The zero-order valence-electron chi connectivity index (χ0n) is 7.98. The normalized spacial score (nSPS) is 14.7. The molecule has 64 valence electrons. The van der Waals surface area contributed by atoms with E-state index in [1.54, 1.807) is 11.8 Å². The molecular formula is C10H18S. The molecule has 0 aliphatic carbocycles. The maximum atomic E-state index is 3.85. The van der Waals surface area contributed by atoms with Crippen molar-refractivity contribution in [3.63, 3.8) is 0 Å². The number of thioether (sulfide) groups is 1. The van der Waals surface area contributed by atoms with Gasteiger partial charge in [-0.2, -0.15) is 0 Å². The molecular weight excluding hydrogens is 152 g/mol. The quantitative estimate of drug-likeness (QED) is 0.609. The highest BCUT2D eigenvalue weighted by atomic mass is 32.2. The number of hydrogen-bond donors (Lipinski definition) is 0. The highest BCUT2D eigenvalue weighted by Gasteiger charge is 1.95. The lowest BCUT2D eigenvalue weighted by atomic mass is 10.1. The van der Waals surface area contributed by atoms with E-state index in [1.165, 1.54) is 16.2 Å². The van der Waals surface area contributed by atoms with Crippen molar-refractivity contribution in [2.45, 2.75) is 34.1 Å². The van der Waals surface area contributed by atoms with Gasteiger partial charge in [0.25, 0.3) is 0 Å². The number of allylic oxidation sites excluding steroid dienone is 3. The largest absolute Gasteiger partial charge is 0.101 e. The van der Waals surface area contributed by atoms with Crippen molar-refractivity contribution in [3.8, 4) is 0 Å². The van der Waals surface area contributed by atoms with Crippen LogP contribution in [-0.4, -0.2) is 0 Å². The first-order valence-electron chi connectivity index (χ1n) is 4.08. The predicted octanol–water partition coefficient (Wildman–Crippen LogP) is 4.20. The Morgan fingerprint density at radius 3 is 2.45 bits per heavy atom. The minimum Gasteiger partial charge on any atom is -0.101 e. The van der Waals surface area contributed by atoms with Crippen molar-refractivity contribution in [1.29, 1.82) is 0 Å². The van der Waals surface area contributed by atoms with E-state index in [-0.39, 0.29) is 0 Å². The zero-order valence-corrected chi connectivity index (χ0v) is 8.79. The first kappa shape index (κ1) is 10.8. The van der Waals surface area contributed by atoms with E-state index in [9.17, 15) is 0 Å². The Balaban J connectivity index is 3.89. The van der Waals surface area contributed by atoms with E-state index < -0.39 is 0 Å². The van der Waals surface area contributed by atoms with Gasteiger partial charge in [0.1, 0.15) is 0 Å². The van der Waals surface area contributed by atoms with E-state index in [0.717, 1.165) is 0 Å². The molecule has 0 aromatic carbocycles. The molecule has 0 aliphatic heterocycles. The summed E-state index contributed by atoms with van der Waals surface area (Å²) in [6.07, 6.45) is 3.52. The summed E-state index contributed by atoms with van der Waals surface area (Å²) in [6, 6.07) is 0. The van der Waals surface area contributed by atoms with Crippen molar-refractivity contribution in [1.82, 2.24) is 0 Å². The maximum Gasteiger partial charge on any atom is -0.0174 e. The van der Waals surface area contributed by atoms with Crippen LogP contribution in [0.25, 0.3) is 0 Å². The molecule has 0 radical (unpaired) electrons. The van der Waals surface area contributed by atoms with Gasteiger partial charge < -0.3 is 0 Å². The van der Waals surface area contributed by atoms with E-state index in [2.05, 4.69) is 33.4 Å². The summed E-state index contributed by atoms with van der Waals surface area (Å²) in [7, 11) is 0. The second-order valence-electron chi connectivity index (χ2n) is 2.97. The van der Waals surface area contributed by atoms with Crippen molar-refractivity contribution in [2.75, 3.05) is 0 Å². The van der Waals surface area contributed by atoms with Crippen LogP contribution >= 0.6 is 11.8 Å². The zero-order chi connectivity index (χ0) is 8.85. The molecule has 0 heterocycles. The van der Waals surface area contributed by atoms with Crippen molar-refractivity contribution >= 4 is 11.8 Å². The van der Waals surface area contributed by atoms with E-state index in [0.29, 0.717) is 5.92 Å². The summed E-state index contributed by atoms with van der Waals surface area (Å²) in [4.78, 5) is 2.54. The number of rotatable bonds is 4. The van der Waals surface area contributed by atoms with Crippen LogP contribution in [-0.2, 0) is 0 Å². The molecule has 0 saturated heterocycles. The molecule has 0 aliphatic rings. The average Bonchev–Trinajstić information content (AvgIpc) is 1.85. The Bertz CT molecular complexity index is 156. The smallest absolute Gasteiger partial charge is 0.0174 e. The Morgan fingerprint density at radius 1 is 1.55 bits per heavy atom. The van der Waals surface area contributed by atoms with Crippen LogP contribution in [0.3, 0.4) is 0 Å². The summed E-state index contributed by atoms with van der Waals surface area (Å²) in [6.45, 7) is 12.5. The lowest BCUT2D eigenvalue weighted by molar-refractivity contribution is 0.696. The Hall–Kier alpha value is -0.170. The van der Waals surface area contributed by atoms with E-state index in [4.69, 9.17) is 0 Å². The molecule has 0 fully saturated rings. The number of hydrogen-bond acceptors (Lipinski definition) is 1.